The lowest BCUT2D eigenvalue weighted by molar-refractivity contribution is 0.0389. The summed E-state index contributed by atoms with van der Waals surface area (Å²) in [5.41, 5.74) is 1.12. The Kier molecular flexibility index (Phi) is 12.4. The molecule has 0 unspecified atom stereocenters. The number of ether oxygens (including phenoxy) is 1. The van der Waals surface area contributed by atoms with Crippen LogP contribution in [0.25, 0.3) is 0 Å². The number of hydrogen-bond acceptors (Lipinski definition) is 5. The molecule has 0 atom stereocenters. The van der Waals surface area contributed by atoms with Crippen molar-refractivity contribution in [3.05, 3.63) is 23.9 Å². The second-order valence-electron chi connectivity index (χ2n) is 6.27. The topological polar surface area (TPSA) is 65.0 Å². The summed E-state index contributed by atoms with van der Waals surface area (Å²) in [4.78, 5) is 13.9. The molecule has 0 amide bonds. The van der Waals surface area contributed by atoms with Crippen LogP contribution in [0.4, 0.5) is 5.82 Å². The molecule has 0 aliphatic carbocycles. The summed E-state index contributed by atoms with van der Waals surface area (Å²) >= 11 is 0. The van der Waals surface area contributed by atoms with Gasteiger partial charge in [0.2, 0.25) is 0 Å². The third-order valence-electron chi connectivity index (χ3n) is 4.48. The maximum atomic E-state index is 5.38. The van der Waals surface area contributed by atoms with E-state index in [1.54, 1.807) is 0 Å². The van der Waals surface area contributed by atoms with E-state index in [0.29, 0.717) is 6.54 Å². The number of nitrogens with one attached hydrogen (secondary N) is 2. The van der Waals surface area contributed by atoms with Gasteiger partial charge in [0.1, 0.15) is 5.82 Å². The Morgan fingerprint density at radius 2 is 1.93 bits per heavy atom. The number of pyridine rings is 1. The average Bonchev–Trinajstić information content (AvgIpc) is 2.69. The largest absolute Gasteiger partial charge is 0.379 e. The SMILES string of the molecule is CCNC(=NCc1ccc(N(CC)CC)nc1)NCCN1CCOCC1.I. The van der Waals surface area contributed by atoms with E-state index in [9.17, 15) is 0 Å². The molecule has 2 heterocycles. The quantitative estimate of drug-likeness (QED) is 0.314. The number of aromatic nitrogens is 1. The van der Waals surface area contributed by atoms with Gasteiger partial charge in [0.05, 0.1) is 19.8 Å². The van der Waals surface area contributed by atoms with Crippen molar-refractivity contribution < 1.29 is 4.74 Å². The van der Waals surface area contributed by atoms with Crippen molar-refractivity contribution in [3.63, 3.8) is 0 Å². The molecule has 2 N–H and O–H groups in total. The minimum atomic E-state index is 0. The molecule has 154 valence electrons. The summed E-state index contributed by atoms with van der Waals surface area (Å²) in [6.45, 7) is 15.4. The summed E-state index contributed by atoms with van der Waals surface area (Å²) in [7, 11) is 0. The van der Waals surface area contributed by atoms with Crippen LogP contribution in [0.2, 0.25) is 0 Å². The van der Waals surface area contributed by atoms with E-state index in [1.165, 1.54) is 0 Å². The lowest BCUT2D eigenvalue weighted by Crippen LogP contribution is -2.44. The molecule has 0 radical (unpaired) electrons. The van der Waals surface area contributed by atoms with Crippen molar-refractivity contribution in [1.29, 1.82) is 0 Å². The number of hydrogen-bond donors (Lipinski definition) is 2. The molecule has 1 aliphatic heterocycles. The van der Waals surface area contributed by atoms with Crippen molar-refractivity contribution in [1.82, 2.24) is 20.5 Å². The normalized spacial score (nSPS) is 15.1. The molecule has 1 aromatic heterocycles. The van der Waals surface area contributed by atoms with Gasteiger partial charge in [-0.1, -0.05) is 6.07 Å². The van der Waals surface area contributed by atoms with Crippen molar-refractivity contribution >= 4 is 35.8 Å². The molecule has 0 spiro atoms. The maximum absolute atomic E-state index is 5.38. The van der Waals surface area contributed by atoms with Gasteiger partial charge in [0.25, 0.3) is 0 Å². The fraction of sp³-hybridized carbons (Fsp3) is 0.684. The Hall–Kier alpha value is -1.13. The molecule has 0 saturated carbocycles. The van der Waals surface area contributed by atoms with Gasteiger partial charge < -0.3 is 20.3 Å². The van der Waals surface area contributed by atoms with Gasteiger partial charge in [-0.15, -0.1) is 24.0 Å². The molecular formula is C19H35IN6O. The van der Waals surface area contributed by atoms with Gasteiger partial charge in [0, 0.05) is 52.0 Å². The number of guanidine groups is 1. The zero-order valence-corrected chi connectivity index (χ0v) is 19.2. The monoisotopic (exact) mass is 490 g/mol. The highest BCUT2D eigenvalue weighted by Crippen LogP contribution is 2.11. The number of nitrogens with zero attached hydrogens (tertiary/aromatic N) is 4. The molecule has 27 heavy (non-hydrogen) atoms. The van der Waals surface area contributed by atoms with Crippen LogP contribution in [0.5, 0.6) is 0 Å². The van der Waals surface area contributed by atoms with Gasteiger partial charge in [0.15, 0.2) is 5.96 Å². The Labute approximate surface area is 181 Å². The highest BCUT2D eigenvalue weighted by Gasteiger charge is 2.09. The molecule has 1 aromatic rings. The van der Waals surface area contributed by atoms with Crippen molar-refractivity contribution in [2.75, 3.05) is 63.9 Å². The number of halogens is 1. The molecule has 0 aromatic carbocycles. The molecule has 1 aliphatic rings. The van der Waals surface area contributed by atoms with Gasteiger partial charge in [-0.3, -0.25) is 4.90 Å². The first kappa shape index (κ1) is 23.9. The first-order valence-electron chi connectivity index (χ1n) is 9.79. The summed E-state index contributed by atoms with van der Waals surface area (Å²) in [6.07, 6.45) is 1.93. The Morgan fingerprint density at radius 3 is 2.52 bits per heavy atom. The molecule has 2 rings (SSSR count). The third kappa shape index (κ3) is 8.61. The van der Waals surface area contributed by atoms with Crippen LogP contribution in [-0.2, 0) is 11.3 Å². The lowest BCUT2D eigenvalue weighted by Gasteiger charge is -2.26. The standard InChI is InChI=1S/C19H34N6O.HI/c1-4-20-19(21-9-10-24-11-13-26-14-12-24)23-16-17-7-8-18(22-15-17)25(5-2)6-3;/h7-8,15H,4-6,9-14,16H2,1-3H3,(H2,20,21,23);1H. The lowest BCUT2D eigenvalue weighted by atomic mass is 10.3. The van der Waals surface area contributed by atoms with Gasteiger partial charge in [-0.25, -0.2) is 9.98 Å². The summed E-state index contributed by atoms with van der Waals surface area (Å²) in [5, 5.41) is 6.72. The zero-order valence-electron chi connectivity index (χ0n) is 16.9. The first-order chi connectivity index (χ1) is 12.8. The summed E-state index contributed by atoms with van der Waals surface area (Å²) in [6, 6.07) is 4.19. The van der Waals surface area contributed by atoms with E-state index in [4.69, 9.17) is 4.74 Å². The molecule has 8 heteroatoms. The van der Waals surface area contributed by atoms with E-state index < -0.39 is 0 Å². The van der Waals surface area contributed by atoms with E-state index in [1.807, 2.05) is 6.20 Å². The highest BCUT2D eigenvalue weighted by molar-refractivity contribution is 14.0. The minimum Gasteiger partial charge on any atom is -0.379 e. The molecule has 1 saturated heterocycles. The summed E-state index contributed by atoms with van der Waals surface area (Å²) in [5.74, 6) is 1.88. The number of anilines is 1. The van der Waals surface area contributed by atoms with Gasteiger partial charge in [-0.05, 0) is 32.4 Å². The van der Waals surface area contributed by atoms with Crippen LogP contribution in [0.15, 0.2) is 23.3 Å². The molecule has 0 bridgehead atoms. The Bertz CT molecular complexity index is 530. The second kappa shape index (κ2) is 14.0. The second-order valence-corrected chi connectivity index (χ2v) is 6.27. The predicted octanol–water partition coefficient (Wildman–Crippen LogP) is 1.93. The fourth-order valence-electron chi connectivity index (χ4n) is 2.91. The van der Waals surface area contributed by atoms with Crippen LogP contribution in [0.1, 0.15) is 26.3 Å². The van der Waals surface area contributed by atoms with Crippen LogP contribution < -0.4 is 15.5 Å². The molecular weight excluding hydrogens is 455 g/mol. The third-order valence-corrected chi connectivity index (χ3v) is 4.48. The average molecular weight is 490 g/mol. The van der Waals surface area contributed by atoms with Crippen LogP contribution in [-0.4, -0.2) is 74.9 Å². The maximum Gasteiger partial charge on any atom is 0.191 e. The minimum absolute atomic E-state index is 0. The van der Waals surface area contributed by atoms with E-state index in [2.05, 4.69) is 63.3 Å². The van der Waals surface area contributed by atoms with Gasteiger partial charge >= 0.3 is 0 Å². The van der Waals surface area contributed by atoms with Crippen LogP contribution >= 0.6 is 24.0 Å². The zero-order chi connectivity index (χ0) is 18.6. The van der Waals surface area contributed by atoms with E-state index in [-0.39, 0.29) is 24.0 Å². The van der Waals surface area contributed by atoms with Crippen LogP contribution in [0, 0.1) is 0 Å². The molecule has 1 fully saturated rings. The van der Waals surface area contributed by atoms with Gasteiger partial charge in [-0.2, -0.15) is 0 Å². The Morgan fingerprint density at radius 1 is 1.19 bits per heavy atom. The predicted molar refractivity (Wildman–Crippen MR) is 123 cm³/mol. The Balaban J connectivity index is 0.00000364. The fourth-order valence-corrected chi connectivity index (χ4v) is 2.91. The summed E-state index contributed by atoms with van der Waals surface area (Å²) < 4.78 is 5.38. The van der Waals surface area contributed by atoms with Crippen LogP contribution in [0.3, 0.4) is 0 Å². The van der Waals surface area contributed by atoms with Crippen molar-refractivity contribution in [2.24, 2.45) is 4.99 Å². The number of rotatable bonds is 9. The van der Waals surface area contributed by atoms with Crippen molar-refractivity contribution in [2.45, 2.75) is 27.3 Å². The van der Waals surface area contributed by atoms with E-state index in [0.717, 1.165) is 76.4 Å². The highest BCUT2D eigenvalue weighted by atomic mass is 127. The number of aliphatic imine (C=N–C) groups is 1. The smallest absolute Gasteiger partial charge is 0.191 e. The van der Waals surface area contributed by atoms with E-state index >= 15 is 0 Å². The number of morpholine rings is 1. The van der Waals surface area contributed by atoms with Crippen molar-refractivity contribution in [3.8, 4) is 0 Å². The first-order valence-corrected chi connectivity index (χ1v) is 9.79. The molecule has 7 nitrogen and oxygen atoms in total.